The molecule has 130 valence electrons. The molecule has 4 heterocycles. The number of hydrogen-bond acceptors (Lipinski definition) is 3. The van der Waals surface area contributed by atoms with Crippen molar-refractivity contribution < 1.29 is 13.6 Å². The van der Waals surface area contributed by atoms with Crippen molar-refractivity contribution >= 4 is 5.91 Å². The largest absolute Gasteiger partial charge is 0.337 e. The second-order valence-corrected chi connectivity index (χ2v) is 7.19. The molecule has 1 aromatic rings. The average Bonchev–Trinajstić information content (AvgIpc) is 3.01. The van der Waals surface area contributed by atoms with Crippen LogP contribution in [0.4, 0.5) is 8.78 Å². The van der Waals surface area contributed by atoms with E-state index in [-0.39, 0.29) is 23.9 Å². The van der Waals surface area contributed by atoms with Crippen molar-refractivity contribution in [1.82, 2.24) is 9.80 Å². The number of benzene rings is 1. The number of carbonyl (C=O) groups is 1. The first-order chi connectivity index (χ1) is 11.6. The van der Waals surface area contributed by atoms with Crippen LogP contribution in [0.1, 0.15) is 30.7 Å². The molecule has 4 aliphatic rings. The van der Waals surface area contributed by atoms with E-state index in [9.17, 15) is 13.6 Å². The summed E-state index contributed by atoms with van der Waals surface area (Å²) >= 11 is 0. The fourth-order valence-corrected chi connectivity index (χ4v) is 5.05. The highest BCUT2D eigenvalue weighted by atomic mass is 19.2. The van der Waals surface area contributed by atoms with Crippen molar-refractivity contribution in [3.63, 3.8) is 0 Å². The number of piperidine rings is 3. The maximum absolute atomic E-state index is 14.4. The zero-order chi connectivity index (χ0) is 16.8. The van der Waals surface area contributed by atoms with Crippen LogP contribution in [0.15, 0.2) is 18.2 Å². The fourth-order valence-electron chi connectivity index (χ4n) is 5.05. The van der Waals surface area contributed by atoms with Gasteiger partial charge in [0, 0.05) is 31.5 Å². The molecule has 24 heavy (non-hydrogen) atoms. The van der Waals surface area contributed by atoms with Gasteiger partial charge in [0.05, 0.1) is 6.04 Å². The molecule has 4 aliphatic heterocycles. The van der Waals surface area contributed by atoms with Crippen molar-refractivity contribution in [1.29, 1.82) is 0 Å². The first-order valence-electron chi connectivity index (χ1n) is 8.79. The molecule has 0 radical (unpaired) electrons. The Kier molecular flexibility index (Phi) is 4.04. The molecule has 3 atom stereocenters. The summed E-state index contributed by atoms with van der Waals surface area (Å²) in [6.45, 7) is 2.75. The molecule has 0 aromatic heterocycles. The first kappa shape index (κ1) is 16.0. The molecule has 5 rings (SSSR count). The summed E-state index contributed by atoms with van der Waals surface area (Å²) in [4.78, 5) is 16.8. The third kappa shape index (κ3) is 2.35. The number of nitrogens with zero attached hydrogens (tertiary/aromatic N) is 2. The second-order valence-electron chi connectivity index (χ2n) is 7.19. The summed E-state index contributed by atoms with van der Waals surface area (Å²) < 4.78 is 28.1. The maximum atomic E-state index is 14.4. The van der Waals surface area contributed by atoms with Gasteiger partial charge in [0.2, 0.25) is 5.91 Å². The van der Waals surface area contributed by atoms with Gasteiger partial charge in [-0.1, -0.05) is 12.1 Å². The average molecular weight is 335 g/mol. The number of nitrogens with two attached hydrogens (primary N) is 1. The lowest BCUT2D eigenvalue weighted by atomic mass is 9.75. The number of halogens is 2. The van der Waals surface area contributed by atoms with E-state index >= 15 is 0 Å². The van der Waals surface area contributed by atoms with Gasteiger partial charge >= 0.3 is 0 Å². The molecule has 0 spiro atoms. The number of fused-ring (bicyclic) bond motifs is 2. The highest BCUT2D eigenvalue weighted by Crippen LogP contribution is 2.47. The SMILES string of the molecule is NCCC(=O)N1C[C@H](c2cccc(F)c2F)[C@@H]2[C@H]1C1CCN2CC1. The van der Waals surface area contributed by atoms with E-state index in [1.165, 1.54) is 0 Å². The Morgan fingerprint density at radius 1 is 1.21 bits per heavy atom. The van der Waals surface area contributed by atoms with E-state index in [1.54, 1.807) is 12.1 Å². The lowest BCUT2D eigenvalue weighted by Gasteiger charge is -2.51. The normalized spacial score (nSPS) is 34.5. The predicted molar refractivity (Wildman–Crippen MR) is 86.4 cm³/mol. The standard InChI is InChI=1S/C18H23F2N3O/c19-14-3-1-2-12(16(14)20)13-10-23(15(24)4-7-21)17-11-5-8-22(9-6-11)18(13)17/h1-3,11,13,17-18H,4-10,21H2/t13-,17-,18-/m1/s1. The zero-order valence-corrected chi connectivity index (χ0v) is 13.6. The van der Waals surface area contributed by atoms with E-state index in [4.69, 9.17) is 5.73 Å². The molecule has 0 aliphatic carbocycles. The fraction of sp³-hybridized carbons (Fsp3) is 0.611. The molecule has 4 nitrogen and oxygen atoms in total. The van der Waals surface area contributed by atoms with Crippen LogP contribution in [0.3, 0.4) is 0 Å². The van der Waals surface area contributed by atoms with Crippen LogP contribution in [0, 0.1) is 17.6 Å². The smallest absolute Gasteiger partial charge is 0.224 e. The third-order valence-electron chi connectivity index (χ3n) is 6.05. The number of amides is 1. The molecule has 2 bridgehead atoms. The molecule has 4 saturated heterocycles. The Balaban J connectivity index is 1.72. The minimum atomic E-state index is -0.813. The number of likely N-dealkylation sites (tertiary alicyclic amines) is 1. The molecule has 6 heteroatoms. The van der Waals surface area contributed by atoms with Crippen molar-refractivity contribution in [3.05, 3.63) is 35.4 Å². The zero-order valence-electron chi connectivity index (χ0n) is 13.6. The molecular weight excluding hydrogens is 312 g/mol. The van der Waals surface area contributed by atoms with Gasteiger partial charge in [-0.15, -0.1) is 0 Å². The van der Waals surface area contributed by atoms with Crippen molar-refractivity contribution in [2.75, 3.05) is 26.2 Å². The first-order valence-corrected chi connectivity index (χ1v) is 8.79. The van der Waals surface area contributed by atoms with E-state index in [2.05, 4.69) is 4.90 Å². The monoisotopic (exact) mass is 335 g/mol. The maximum Gasteiger partial charge on any atom is 0.224 e. The van der Waals surface area contributed by atoms with Crippen LogP contribution in [0.25, 0.3) is 0 Å². The summed E-state index contributed by atoms with van der Waals surface area (Å²) in [5, 5.41) is 0. The van der Waals surface area contributed by atoms with Gasteiger partial charge in [-0.2, -0.15) is 0 Å². The summed E-state index contributed by atoms with van der Waals surface area (Å²) in [5.74, 6) is -1.25. The van der Waals surface area contributed by atoms with Crippen LogP contribution in [0.5, 0.6) is 0 Å². The lowest BCUT2D eigenvalue weighted by molar-refractivity contribution is -0.135. The van der Waals surface area contributed by atoms with Crippen molar-refractivity contribution in [2.45, 2.75) is 37.3 Å². The Bertz CT molecular complexity index is 645. The minimum Gasteiger partial charge on any atom is -0.337 e. The molecule has 4 fully saturated rings. The minimum absolute atomic E-state index is 0.0422. The Morgan fingerprint density at radius 2 is 1.96 bits per heavy atom. The van der Waals surface area contributed by atoms with Crippen molar-refractivity contribution in [3.8, 4) is 0 Å². The molecule has 2 N–H and O–H groups in total. The Morgan fingerprint density at radius 3 is 2.67 bits per heavy atom. The summed E-state index contributed by atoms with van der Waals surface area (Å²) in [7, 11) is 0. The van der Waals surface area contributed by atoms with Gasteiger partial charge in [-0.3, -0.25) is 9.69 Å². The van der Waals surface area contributed by atoms with Crippen LogP contribution < -0.4 is 5.73 Å². The van der Waals surface area contributed by atoms with Gasteiger partial charge < -0.3 is 10.6 Å². The number of hydrogen-bond donors (Lipinski definition) is 1. The Labute approximate surface area is 140 Å². The highest BCUT2D eigenvalue weighted by Gasteiger charge is 2.54. The predicted octanol–water partition coefficient (Wildman–Crippen LogP) is 1.70. The van der Waals surface area contributed by atoms with Gasteiger partial charge in [-0.25, -0.2) is 8.78 Å². The molecule has 1 amide bonds. The van der Waals surface area contributed by atoms with E-state index in [0.717, 1.165) is 32.0 Å². The van der Waals surface area contributed by atoms with E-state index in [1.807, 2.05) is 4.90 Å². The van der Waals surface area contributed by atoms with E-state index < -0.39 is 11.6 Å². The van der Waals surface area contributed by atoms with Crippen LogP contribution in [-0.4, -0.2) is 54.0 Å². The third-order valence-corrected chi connectivity index (χ3v) is 6.05. The van der Waals surface area contributed by atoms with Gasteiger partial charge in [0.1, 0.15) is 0 Å². The second kappa shape index (κ2) is 6.08. The lowest BCUT2D eigenvalue weighted by Crippen LogP contribution is -2.60. The molecule has 0 unspecified atom stereocenters. The van der Waals surface area contributed by atoms with Gasteiger partial charge in [-0.05, 0) is 43.5 Å². The number of carbonyl (C=O) groups excluding carboxylic acids is 1. The van der Waals surface area contributed by atoms with Gasteiger partial charge in [0.15, 0.2) is 11.6 Å². The molecule has 0 saturated carbocycles. The topological polar surface area (TPSA) is 49.6 Å². The summed E-state index contributed by atoms with van der Waals surface area (Å²) in [5.41, 5.74) is 5.97. The van der Waals surface area contributed by atoms with Crippen LogP contribution in [-0.2, 0) is 4.79 Å². The summed E-state index contributed by atoms with van der Waals surface area (Å²) in [6.07, 6.45) is 2.46. The van der Waals surface area contributed by atoms with Crippen LogP contribution >= 0.6 is 0 Å². The molecule has 1 aromatic carbocycles. The van der Waals surface area contributed by atoms with E-state index in [0.29, 0.717) is 31.0 Å². The highest BCUT2D eigenvalue weighted by molar-refractivity contribution is 5.77. The summed E-state index contributed by atoms with van der Waals surface area (Å²) in [6, 6.07) is 4.58. The van der Waals surface area contributed by atoms with Crippen molar-refractivity contribution in [2.24, 2.45) is 11.7 Å². The Hall–Kier alpha value is -1.53. The van der Waals surface area contributed by atoms with Gasteiger partial charge in [0.25, 0.3) is 0 Å². The van der Waals surface area contributed by atoms with Crippen LogP contribution in [0.2, 0.25) is 0 Å². The number of rotatable bonds is 3. The molecular formula is C18H23F2N3O. The quantitative estimate of drug-likeness (QED) is 0.915.